The molecular formula is C21H14O7. The van der Waals surface area contributed by atoms with Crippen LogP contribution in [0.3, 0.4) is 0 Å². The normalized spacial score (nSPS) is 10.1. The molecule has 28 heavy (non-hydrogen) atoms. The molecule has 0 spiro atoms. The van der Waals surface area contributed by atoms with E-state index in [1.54, 1.807) is 12.1 Å². The molecule has 0 bridgehead atoms. The average molecular weight is 378 g/mol. The van der Waals surface area contributed by atoms with Gasteiger partial charge < -0.3 is 19.7 Å². The van der Waals surface area contributed by atoms with E-state index in [0.29, 0.717) is 11.5 Å². The molecule has 0 aliphatic heterocycles. The lowest BCUT2D eigenvalue weighted by Gasteiger charge is -2.08. The number of carboxylic acids is 2. The molecule has 0 saturated carbocycles. The SMILES string of the molecule is O=C(O)c1ccc(OC(=O)c2ccc(Oc3ccc(C(=O)O)cc3)cc2)cc1. The first-order valence-electron chi connectivity index (χ1n) is 8.09. The predicted octanol–water partition coefficient (Wildman–Crippen LogP) is 4.09. The van der Waals surface area contributed by atoms with Crippen molar-refractivity contribution in [2.45, 2.75) is 0 Å². The average Bonchev–Trinajstić information content (AvgIpc) is 2.69. The van der Waals surface area contributed by atoms with Crippen LogP contribution >= 0.6 is 0 Å². The summed E-state index contributed by atoms with van der Waals surface area (Å²) in [6, 6.07) is 17.6. The molecule has 0 fully saturated rings. The molecule has 3 rings (SSSR count). The zero-order valence-electron chi connectivity index (χ0n) is 14.4. The summed E-state index contributed by atoms with van der Waals surface area (Å²) in [4.78, 5) is 33.8. The van der Waals surface area contributed by atoms with Crippen molar-refractivity contribution < 1.29 is 34.1 Å². The fraction of sp³-hybridized carbons (Fsp3) is 0. The molecular weight excluding hydrogens is 364 g/mol. The molecule has 0 aliphatic carbocycles. The Morgan fingerprint density at radius 2 is 0.893 bits per heavy atom. The molecule has 3 aromatic rings. The molecule has 0 heterocycles. The standard InChI is InChI=1S/C21H14O7/c22-19(23)13-1-7-16(8-2-13)27-17-11-5-15(6-12-17)21(26)28-18-9-3-14(4-10-18)20(24)25/h1-12H,(H,22,23)(H,24,25). The Morgan fingerprint density at radius 1 is 0.536 bits per heavy atom. The van der Waals surface area contributed by atoms with Crippen LogP contribution in [0.1, 0.15) is 31.1 Å². The second kappa shape index (κ2) is 8.05. The summed E-state index contributed by atoms with van der Waals surface area (Å²) < 4.78 is 10.8. The van der Waals surface area contributed by atoms with Crippen molar-refractivity contribution in [2.75, 3.05) is 0 Å². The predicted molar refractivity (Wildman–Crippen MR) is 98.3 cm³/mol. The number of hydrogen-bond donors (Lipinski definition) is 2. The minimum atomic E-state index is -1.06. The molecule has 0 saturated heterocycles. The highest BCUT2D eigenvalue weighted by Crippen LogP contribution is 2.23. The quantitative estimate of drug-likeness (QED) is 0.491. The van der Waals surface area contributed by atoms with Gasteiger partial charge in [0.1, 0.15) is 17.2 Å². The number of benzene rings is 3. The summed E-state index contributed by atoms with van der Waals surface area (Å²) in [5.41, 5.74) is 0.537. The van der Waals surface area contributed by atoms with Gasteiger partial charge in [-0.3, -0.25) is 0 Å². The zero-order valence-corrected chi connectivity index (χ0v) is 14.4. The van der Waals surface area contributed by atoms with Gasteiger partial charge in [0.05, 0.1) is 16.7 Å². The van der Waals surface area contributed by atoms with Gasteiger partial charge in [-0.05, 0) is 72.8 Å². The van der Waals surface area contributed by atoms with Gasteiger partial charge in [-0.1, -0.05) is 0 Å². The molecule has 0 amide bonds. The van der Waals surface area contributed by atoms with Crippen molar-refractivity contribution in [1.82, 2.24) is 0 Å². The lowest BCUT2D eigenvalue weighted by molar-refractivity contribution is 0.0685. The monoisotopic (exact) mass is 378 g/mol. The van der Waals surface area contributed by atoms with Crippen molar-refractivity contribution in [3.8, 4) is 17.2 Å². The molecule has 0 aromatic heterocycles. The second-order valence-corrected chi connectivity index (χ2v) is 5.68. The van der Waals surface area contributed by atoms with Crippen LogP contribution in [-0.2, 0) is 0 Å². The van der Waals surface area contributed by atoms with Gasteiger partial charge in [0.25, 0.3) is 0 Å². The number of rotatable bonds is 6. The van der Waals surface area contributed by atoms with Crippen LogP contribution in [0.4, 0.5) is 0 Å². The molecule has 0 radical (unpaired) electrons. The van der Waals surface area contributed by atoms with Crippen LogP contribution in [-0.4, -0.2) is 28.1 Å². The van der Waals surface area contributed by atoms with E-state index in [4.69, 9.17) is 19.7 Å². The maximum absolute atomic E-state index is 12.2. The number of aromatic carboxylic acids is 2. The fourth-order valence-corrected chi connectivity index (χ4v) is 2.29. The largest absolute Gasteiger partial charge is 0.478 e. The first-order valence-corrected chi connectivity index (χ1v) is 8.09. The van der Waals surface area contributed by atoms with Crippen molar-refractivity contribution in [2.24, 2.45) is 0 Å². The van der Waals surface area contributed by atoms with Gasteiger partial charge in [-0.2, -0.15) is 0 Å². The lowest BCUT2D eigenvalue weighted by atomic mass is 10.2. The van der Waals surface area contributed by atoms with Gasteiger partial charge in [0.15, 0.2) is 0 Å². The van der Waals surface area contributed by atoms with Gasteiger partial charge >= 0.3 is 17.9 Å². The number of carbonyl (C=O) groups excluding carboxylic acids is 1. The summed E-state index contributed by atoms with van der Waals surface area (Å²) in [6.45, 7) is 0. The highest BCUT2D eigenvalue weighted by Gasteiger charge is 2.10. The van der Waals surface area contributed by atoms with E-state index in [2.05, 4.69) is 0 Å². The van der Waals surface area contributed by atoms with Crippen LogP contribution in [0.15, 0.2) is 72.8 Å². The Morgan fingerprint density at radius 3 is 1.29 bits per heavy atom. The smallest absolute Gasteiger partial charge is 0.343 e. The molecule has 7 nitrogen and oxygen atoms in total. The summed E-state index contributed by atoms with van der Waals surface area (Å²) in [7, 11) is 0. The van der Waals surface area contributed by atoms with Gasteiger partial charge in [-0.15, -0.1) is 0 Å². The van der Waals surface area contributed by atoms with Gasteiger partial charge in [0, 0.05) is 0 Å². The Labute approximate surface area is 159 Å². The highest BCUT2D eigenvalue weighted by molar-refractivity contribution is 5.91. The van der Waals surface area contributed by atoms with Crippen LogP contribution in [0, 0.1) is 0 Å². The molecule has 140 valence electrons. The van der Waals surface area contributed by atoms with Crippen molar-refractivity contribution >= 4 is 17.9 Å². The summed E-state index contributed by atoms with van der Waals surface area (Å²) in [6.07, 6.45) is 0. The first-order chi connectivity index (χ1) is 13.4. The third-order valence-corrected chi connectivity index (χ3v) is 3.74. The fourth-order valence-electron chi connectivity index (χ4n) is 2.29. The van der Waals surface area contributed by atoms with Crippen molar-refractivity contribution in [1.29, 1.82) is 0 Å². The number of hydrogen-bond acceptors (Lipinski definition) is 5. The van der Waals surface area contributed by atoms with Crippen molar-refractivity contribution in [3.63, 3.8) is 0 Å². The van der Waals surface area contributed by atoms with Crippen LogP contribution in [0.5, 0.6) is 17.2 Å². The van der Waals surface area contributed by atoms with E-state index in [0.717, 1.165) is 0 Å². The molecule has 0 atom stereocenters. The van der Waals surface area contributed by atoms with Gasteiger partial charge in [-0.25, -0.2) is 14.4 Å². The van der Waals surface area contributed by atoms with E-state index in [1.807, 2.05) is 0 Å². The molecule has 7 heteroatoms. The third kappa shape index (κ3) is 4.53. The molecule has 2 N–H and O–H groups in total. The number of carboxylic acid groups (broad SMARTS) is 2. The van der Waals surface area contributed by atoms with E-state index in [1.165, 1.54) is 60.7 Å². The molecule has 3 aromatic carbocycles. The van der Waals surface area contributed by atoms with Crippen LogP contribution < -0.4 is 9.47 Å². The lowest BCUT2D eigenvalue weighted by Crippen LogP contribution is -2.08. The van der Waals surface area contributed by atoms with E-state index >= 15 is 0 Å². The Kier molecular flexibility index (Phi) is 5.36. The molecule has 0 aliphatic rings. The Balaban J connectivity index is 1.63. The summed E-state index contributed by atoms with van der Waals surface area (Å²) in [5.74, 6) is -1.53. The van der Waals surface area contributed by atoms with Gasteiger partial charge in [0.2, 0.25) is 0 Å². The Bertz CT molecular complexity index is 1000. The highest BCUT2D eigenvalue weighted by atomic mass is 16.5. The minimum absolute atomic E-state index is 0.0951. The second-order valence-electron chi connectivity index (χ2n) is 5.68. The minimum Gasteiger partial charge on any atom is -0.478 e. The Hall–Kier alpha value is -4.13. The van der Waals surface area contributed by atoms with Crippen LogP contribution in [0.25, 0.3) is 0 Å². The van der Waals surface area contributed by atoms with Crippen molar-refractivity contribution in [3.05, 3.63) is 89.5 Å². The topological polar surface area (TPSA) is 110 Å². The number of carbonyl (C=O) groups is 3. The zero-order chi connectivity index (χ0) is 20.1. The third-order valence-electron chi connectivity index (χ3n) is 3.74. The maximum atomic E-state index is 12.2. The number of esters is 1. The molecule has 0 unspecified atom stereocenters. The van der Waals surface area contributed by atoms with Crippen LogP contribution in [0.2, 0.25) is 0 Å². The van der Waals surface area contributed by atoms with E-state index in [9.17, 15) is 14.4 Å². The summed E-state index contributed by atoms with van der Waals surface area (Å²) in [5, 5.41) is 17.7. The maximum Gasteiger partial charge on any atom is 0.343 e. The van der Waals surface area contributed by atoms with E-state index in [-0.39, 0.29) is 22.4 Å². The van der Waals surface area contributed by atoms with E-state index < -0.39 is 17.9 Å². The summed E-state index contributed by atoms with van der Waals surface area (Å²) >= 11 is 0. The number of ether oxygens (including phenoxy) is 2. The first kappa shape index (κ1) is 18.7.